The van der Waals surface area contributed by atoms with Crippen molar-refractivity contribution in [3.05, 3.63) is 11.1 Å². The number of rotatable bonds is 0. The van der Waals surface area contributed by atoms with Crippen LogP contribution in [0.3, 0.4) is 0 Å². The summed E-state index contributed by atoms with van der Waals surface area (Å²) in [4.78, 5) is 23.0. The van der Waals surface area contributed by atoms with Crippen LogP contribution in [0.15, 0.2) is 11.1 Å². The topological polar surface area (TPSA) is 34.1 Å². The standard InChI is InChI=1S/C10H14O2/c1-5-6(2)10(12)8(4)7(3)9(5)11/h5-6H,1-4H3. The third-order valence-corrected chi connectivity index (χ3v) is 2.88. The minimum absolute atomic E-state index is 0.125. The highest BCUT2D eigenvalue weighted by atomic mass is 16.1. The van der Waals surface area contributed by atoms with Gasteiger partial charge in [0.25, 0.3) is 0 Å². The van der Waals surface area contributed by atoms with Gasteiger partial charge in [-0.2, -0.15) is 0 Å². The van der Waals surface area contributed by atoms with Crippen LogP contribution in [0.25, 0.3) is 0 Å². The number of carbonyl (C=O) groups is 2. The van der Waals surface area contributed by atoms with Gasteiger partial charge < -0.3 is 0 Å². The third-order valence-electron chi connectivity index (χ3n) is 2.88. The van der Waals surface area contributed by atoms with Crippen molar-refractivity contribution < 1.29 is 9.59 Å². The molecule has 1 rings (SSSR count). The smallest absolute Gasteiger partial charge is 0.162 e. The summed E-state index contributed by atoms with van der Waals surface area (Å²) in [6, 6.07) is 0. The van der Waals surface area contributed by atoms with Crippen LogP contribution in [0.1, 0.15) is 27.7 Å². The van der Waals surface area contributed by atoms with Gasteiger partial charge in [-0.05, 0) is 25.0 Å². The van der Waals surface area contributed by atoms with Gasteiger partial charge in [0, 0.05) is 11.8 Å². The van der Waals surface area contributed by atoms with E-state index in [4.69, 9.17) is 0 Å². The van der Waals surface area contributed by atoms with Gasteiger partial charge in [-0.1, -0.05) is 13.8 Å². The summed E-state index contributed by atoms with van der Waals surface area (Å²) in [5.41, 5.74) is 1.29. The van der Waals surface area contributed by atoms with Gasteiger partial charge in [-0.3, -0.25) is 9.59 Å². The van der Waals surface area contributed by atoms with Gasteiger partial charge in [0.15, 0.2) is 11.6 Å². The molecule has 66 valence electrons. The minimum Gasteiger partial charge on any atom is -0.294 e. The van der Waals surface area contributed by atoms with Crippen molar-refractivity contribution in [2.45, 2.75) is 27.7 Å². The van der Waals surface area contributed by atoms with E-state index in [0.717, 1.165) is 0 Å². The fourth-order valence-corrected chi connectivity index (χ4v) is 1.51. The molecule has 0 spiro atoms. The van der Waals surface area contributed by atoms with E-state index in [0.29, 0.717) is 11.1 Å². The number of ketones is 2. The molecule has 2 atom stereocenters. The Labute approximate surface area is 72.7 Å². The van der Waals surface area contributed by atoms with Crippen LogP contribution in [0.4, 0.5) is 0 Å². The minimum atomic E-state index is -0.138. The van der Waals surface area contributed by atoms with Crippen molar-refractivity contribution >= 4 is 11.6 Å². The number of allylic oxidation sites excluding steroid dienone is 2. The Morgan fingerprint density at radius 3 is 1.33 bits per heavy atom. The molecular weight excluding hydrogens is 152 g/mol. The molecule has 0 saturated carbocycles. The van der Waals surface area contributed by atoms with E-state index >= 15 is 0 Å². The fraction of sp³-hybridized carbons (Fsp3) is 0.600. The molecule has 0 aromatic heterocycles. The van der Waals surface area contributed by atoms with E-state index in [1.54, 1.807) is 13.8 Å². The molecule has 1 aliphatic carbocycles. The lowest BCUT2D eigenvalue weighted by molar-refractivity contribution is -0.129. The summed E-state index contributed by atoms with van der Waals surface area (Å²) in [5.74, 6) is -0.0263. The summed E-state index contributed by atoms with van der Waals surface area (Å²) < 4.78 is 0. The number of hydrogen-bond donors (Lipinski definition) is 0. The highest BCUT2D eigenvalue weighted by Crippen LogP contribution is 2.27. The summed E-state index contributed by atoms with van der Waals surface area (Å²) >= 11 is 0. The Bertz CT molecular complexity index is 246. The Morgan fingerprint density at radius 2 is 1.08 bits per heavy atom. The van der Waals surface area contributed by atoms with Gasteiger partial charge in [-0.25, -0.2) is 0 Å². The van der Waals surface area contributed by atoms with E-state index in [-0.39, 0.29) is 23.4 Å². The molecule has 2 nitrogen and oxygen atoms in total. The van der Waals surface area contributed by atoms with Crippen LogP contribution in [0, 0.1) is 11.8 Å². The summed E-state index contributed by atoms with van der Waals surface area (Å²) in [5, 5.41) is 0. The first kappa shape index (κ1) is 9.17. The predicted molar refractivity (Wildman–Crippen MR) is 46.7 cm³/mol. The molecule has 0 N–H and O–H groups in total. The van der Waals surface area contributed by atoms with Gasteiger partial charge >= 0.3 is 0 Å². The zero-order valence-corrected chi connectivity index (χ0v) is 7.97. The van der Waals surface area contributed by atoms with Gasteiger partial charge in [0.1, 0.15) is 0 Å². The van der Waals surface area contributed by atoms with E-state index in [2.05, 4.69) is 0 Å². The van der Waals surface area contributed by atoms with Crippen LogP contribution in [0.5, 0.6) is 0 Å². The monoisotopic (exact) mass is 166 g/mol. The van der Waals surface area contributed by atoms with Gasteiger partial charge in [-0.15, -0.1) is 0 Å². The lowest BCUT2D eigenvalue weighted by Crippen LogP contribution is -2.32. The molecule has 0 saturated heterocycles. The molecule has 0 aromatic rings. The van der Waals surface area contributed by atoms with Crippen LogP contribution in [0.2, 0.25) is 0 Å². The predicted octanol–water partition coefficient (Wildman–Crippen LogP) is 1.75. The van der Waals surface area contributed by atoms with E-state index in [1.165, 1.54) is 0 Å². The maximum absolute atomic E-state index is 11.5. The van der Waals surface area contributed by atoms with Crippen molar-refractivity contribution in [3.8, 4) is 0 Å². The first-order valence-electron chi connectivity index (χ1n) is 4.22. The summed E-state index contributed by atoms with van der Waals surface area (Å²) in [6.07, 6.45) is 0. The molecule has 0 fully saturated rings. The van der Waals surface area contributed by atoms with E-state index < -0.39 is 0 Å². The number of carbonyl (C=O) groups excluding carboxylic acids is 2. The largest absolute Gasteiger partial charge is 0.294 e. The van der Waals surface area contributed by atoms with Gasteiger partial charge in [0.2, 0.25) is 0 Å². The van der Waals surface area contributed by atoms with Crippen molar-refractivity contribution in [2.24, 2.45) is 11.8 Å². The molecule has 0 bridgehead atoms. The molecular formula is C10H14O2. The normalized spacial score (nSPS) is 31.3. The first-order valence-corrected chi connectivity index (χ1v) is 4.22. The van der Waals surface area contributed by atoms with Gasteiger partial charge in [0.05, 0.1) is 0 Å². The Kier molecular flexibility index (Phi) is 2.18. The van der Waals surface area contributed by atoms with Crippen molar-refractivity contribution in [1.82, 2.24) is 0 Å². The highest BCUT2D eigenvalue weighted by molar-refractivity contribution is 6.12. The Hall–Kier alpha value is -0.920. The molecule has 0 aromatic carbocycles. The quantitative estimate of drug-likeness (QED) is 0.549. The average molecular weight is 166 g/mol. The fourth-order valence-electron chi connectivity index (χ4n) is 1.51. The van der Waals surface area contributed by atoms with Crippen LogP contribution >= 0.6 is 0 Å². The zero-order valence-electron chi connectivity index (χ0n) is 7.97. The van der Waals surface area contributed by atoms with Crippen molar-refractivity contribution in [1.29, 1.82) is 0 Å². The van der Waals surface area contributed by atoms with Crippen LogP contribution in [-0.2, 0) is 9.59 Å². The Morgan fingerprint density at radius 1 is 0.833 bits per heavy atom. The second-order valence-corrected chi connectivity index (χ2v) is 3.56. The number of hydrogen-bond acceptors (Lipinski definition) is 2. The molecule has 0 radical (unpaired) electrons. The zero-order chi connectivity index (χ0) is 9.46. The van der Waals surface area contributed by atoms with Crippen LogP contribution in [-0.4, -0.2) is 11.6 Å². The maximum Gasteiger partial charge on any atom is 0.162 e. The van der Waals surface area contributed by atoms with Crippen molar-refractivity contribution in [2.75, 3.05) is 0 Å². The maximum atomic E-state index is 11.5. The lowest BCUT2D eigenvalue weighted by Gasteiger charge is -2.24. The first-order chi connectivity index (χ1) is 5.46. The van der Waals surface area contributed by atoms with Crippen LogP contribution < -0.4 is 0 Å². The van der Waals surface area contributed by atoms with Crippen molar-refractivity contribution in [3.63, 3.8) is 0 Å². The molecule has 0 heterocycles. The molecule has 1 aliphatic rings. The second kappa shape index (κ2) is 2.85. The molecule has 2 heteroatoms. The molecule has 0 amide bonds. The average Bonchev–Trinajstić information content (AvgIpc) is 2.08. The highest BCUT2D eigenvalue weighted by Gasteiger charge is 2.33. The lowest BCUT2D eigenvalue weighted by atomic mass is 9.77. The third kappa shape index (κ3) is 1.11. The molecule has 12 heavy (non-hydrogen) atoms. The second-order valence-electron chi connectivity index (χ2n) is 3.56. The Balaban J connectivity index is 3.17. The SMILES string of the molecule is CC1=C(C)C(=O)C(C)C(C)C1=O. The molecule has 0 aliphatic heterocycles. The van der Waals surface area contributed by atoms with E-state index in [9.17, 15) is 9.59 Å². The summed E-state index contributed by atoms with van der Waals surface area (Å²) in [7, 11) is 0. The summed E-state index contributed by atoms with van der Waals surface area (Å²) in [6.45, 7) is 7.11. The number of Topliss-reactive ketones (excluding diaryl/α,β-unsaturated/α-hetero) is 2. The van der Waals surface area contributed by atoms with E-state index in [1.807, 2.05) is 13.8 Å². The molecule has 2 unspecified atom stereocenters.